The highest BCUT2D eigenvalue weighted by atomic mass is 31.2. The number of carbonyl (C=O) groups is 2. The second-order valence-corrected chi connectivity index (χ2v) is 5.45. The van der Waals surface area contributed by atoms with Gasteiger partial charge in [0.15, 0.2) is 0 Å². The number of hydrogen-bond acceptors (Lipinski definition) is 4. The van der Waals surface area contributed by atoms with Gasteiger partial charge in [0.2, 0.25) is 0 Å². The summed E-state index contributed by atoms with van der Waals surface area (Å²) in [5.74, 6) is -1.55. The fraction of sp³-hybridized carbons (Fsp3) is 0.714. The molecule has 0 aliphatic carbocycles. The van der Waals surface area contributed by atoms with E-state index in [1.165, 1.54) is 20.8 Å². The first-order valence-corrected chi connectivity index (χ1v) is 5.78. The second-order valence-electron chi connectivity index (χ2n) is 3.95. The molecule has 0 aliphatic heterocycles. The molecule has 0 spiro atoms. The number of nitrogens with zero attached hydrogens (tertiary/aromatic N) is 1. The first kappa shape index (κ1) is 14.9. The van der Waals surface area contributed by atoms with Gasteiger partial charge >= 0.3 is 19.8 Å². The quantitative estimate of drug-likeness (QED) is 0.623. The highest BCUT2D eigenvalue weighted by molar-refractivity contribution is 7.49. The van der Waals surface area contributed by atoms with Gasteiger partial charge in [0.05, 0.1) is 0 Å². The Hall–Kier alpha value is -1.11. The minimum absolute atomic E-state index is 0.138. The van der Waals surface area contributed by atoms with Crippen molar-refractivity contribution in [2.75, 3.05) is 6.54 Å². The van der Waals surface area contributed by atoms with E-state index in [1.54, 1.807) is 0 Å². The Bertz CT molecular complexity index is 328. The molecule has 3 N–H and O–H groups in total. The molecule has 0 saturated carbocycles. The highest BCUT2D eigenvalue weighted by Gasteiger charge is 2.35. The fourth-order valence-electron chi connectivity index (χ4n) is 0.706. The largest absolute Gasteiger partial charge is 0.480 e. The Morgan fingerprint density at radius 3 is 2.00 bits per heavy atom. The van der Waals surface area contributed by atoms with Crippen LogP contribution < -0.4 is 0 Å². The first-order valence-electron chi connectivity index (χ1n) is 4.22. The van der Waals surface area contributed by atoms with Crippen LogP contribution in [0.4, 0.5) is 4.79 Å². The van der Waals surface area contributed by atoms with E-state index in [-0.39, 0.29) is 4.67 Å². The Morgan fingerprint density at radius 2 is 1.75 bits per heavy atom. The van der Waals surface area contributed by atoms with Crippen LogP contribution in [0.25, 0.3) is 0 Å². The van der Waals surface area contributed by atoms with Gasteiger partial charge in [-0.1, -0.05) is 0 Å². The van der Waals surface area contributed by atoms with Crippen LogP contribution in [0.15, 0.2) is 0 Å². The molecule has 0 aromatic carbocycles. The lowest BCUT2D eigenvalue weighted by Gasteiger charge is -2.26. The zero-order chi connectivity index (χ0) is 13.1. The molecule has 0 aromatic rings. The molecule has 0 atom stereocenters. The molecule has 94 valence electrons. The molecule has 1 amide bonds. The summed E-state index contributed by atoms with van der Waals surface area (Å²) in [6, 6.07) is 0. The monoisotopic (exact) mass is 255 g/mol. The van der Waals surface area contributed by atoms with Crippen LogP contribution in [-0.2, 0) is 14.1 Å². The van der Waals surface area contributed by atoms with Gasteiger partial charge in [-0.05, 0) is 20.8 Å². The lowest BCUT2D eigenvalue weighted by atomic mass is 10.2. The average molecular weight is 255 g/mol. The predicted molar refractivity (Wildman–Crippen MR) is 52.6 cm³/mol. The molecule has 0 heterocycles. The van der Waals surface area contributed by atoms with Crippen molar-refractivity contribution >= 4 is 19.8 Å². The minimum atomic E-state index is -4.99. The smallest absolute Gasteiger partial charge is 0.435 e. The van der Waals surface area contributed by atoms with Gasteiger partial charge in [-0.2, -0.15) is 0 Å². The van der Waals surface area contributed by atoms with Crippen molar-refractivity contribution in [3.8, 4) is 0 Å². The third kappa shape index (κ3) is 5.69. The zero-order valence-electron chi connectivity index (χ0n) is 9.08. The molecule has 9 heteroatoms. The van der Waals surface area contributed by atoms with Crippen LogP contribution in [0, 0.1) is 0 Å². The Labute approximate surface area is 92.0 Å². The summed E-state index contributed by atoms with van der Waals surface area (Å²) in [5.41, 5.74) is -0.969. The number of aliphatic carboxylic acids is 1. The standard InChI is InChI=1S/C7H14NO7P/c1-7(2,3)15-6(11)8(4-5(9)10)16(12,13)14/h4H2,1-3H3,(H,9,10)(H2,12,13,14). The fourth-order valence-corrected chi connectivity index (χ4v) is 1.26. The number of hydrogen-bond donors (Lipinski definition) is 3. The summed E-state index contributed by atoms with van der Waals surface area (Å²) in [7, 11) is -4.99. The van der Waals surface area contributed by atoms with Crippen molar-refractivity contribution in [2.45, 2.75) is 26.4 Å². The van der Waals surface area contributed by atoms with E-state index >= 15 is 0 Å². The summed E-state index contributed by atoms with van der Waals surface area (Å²) in [4.78, 5) is 39.2. The summed E-state index contributed by atoms with van der Waals surface area (Å²) in [5, 5.41) is 8.40. The molecule has 0 aromatic heterocycles. The molecule has 8 nitrogen and oxygen atoms in total. The van der Waals surface area contributed by atoms with Gasteiger partial charge in [0, 0.05) is 0 Å². The van der Waals surface area contributed by atoms with E-state index in [0.29, 0.717) is 0 Å². The van der Waals surface area contributed by atoms with Gasteiger partial charge in [0.1, 0.15) is 12.1 Å². The van der Waals surface area contributed by atoms with Gasteiger partial charge in [-0.15, -0.1) is 0 Å². The van der Waals surface area contributed by atoms with Crippen molar-refractivity contribution in [1.29, 1.82) is 0 Å². The van der Waals surface area contributed by atoms with E-state index in [0.717, 1.165) is 0 Å². The van der Waals surface area contributed by atoms with Crippen molar-refractivity contribution in [2.24, 2.45) is 0 Å². The maximum Gasteiger partial charge on any atom is 0.435 e. The average Bonchev–Trinajstić information content (AvgIpc) is 1.93. The van der Waals surface area contributed by atoms with E-state index in [4.69, 9.17) is 14.9 Å². The van der Waals surface area contributed by atoms with Crippen molar-refractivity contribution in [3.05, 3.63) is 0 Å². The Balaban J connectivity index is 4.85. The normalized spacial score (nSPS) is 12.1. The maximum atomic E-state index is 11.3. The van der Waals surface area contributed by atoms with Crippen molar-refractivity contribution < 1.29 is 33.8 Å². The molecule has 0 rings (SSSR count). The third-order valence-electron chi connectivity index (χ3n) is 1.20. The number of amides is 1. The van der Waals surface area contributed by atoms with Crippen LogP contribution >= 0.6 is 7.75 Å². The lowest BCUT2D eigenvalue weighted by Crippen LogP contribution is -2.37. The van der Waals surface area contributed by atoms with E-state index in [2.05, 4.69) is 4.74 Å². The van der Waals surface area contributed by atoms with E-state index in [1.807, 2.05) is 0 Å². The van der Waals surface area contributed by atoms with Crippen LogP contribution in [-0.4, -0.2) is 43.8 Å². The van der Waals surface area contributed by atoms with Gasteiger partial charge < -0.3 is 19.6 Å². The maximum absolute atomic E-state index is 11.3. The molecule has 0 aliphatic rings. The van der Waals surface area contributed by atoms with Crippen LogP contribution in [0.1, 0.15) is 20.8 Å². The molecular weight excluding hydrogens is 241 g/mol. The highest BCUT2D eigenvalue weighted by Crippen LogP contribution is 2.40. The molecule has 0 radical (unpaired) electrons. The van der Waals surface area contributed by atoms with E-state index in [9.17, 15) is 14.2 Å². The summed E-state index contributed by atoms with van der Waals surface area (Å²) in [6.45, 7) is 3.34. The van der Waals surface area contributed by atoms with Crippen LogP contribution in [0.5, 0.6) is 0 Å². The summed E-state index contributed by atoms with van der Waals surface area (Å²) < 4.78 is 15.4. The summed E-state index contributed by atoms with van der Waals surface area (Å²) >= 11 is 0. The van der Waals surface area contributed by atoms with Crippen LogP contribution in [0.3, 0.4) is 0 Å². The molecule has 0 unspecified atom stereocenters. The van der Waals surface area contributed by atoms with Gasteiger partial charge in [-0.25, -0.2) is 14.0 Å². The first-order chi connectivity index (χ1) is 6.93. The molecule has 16 heavy (non-hydrogen) atoms. The van der Waals surface area contributed by atoms with Crippen molar-refractivity contribution in [1.82, 2.24) is 4.67 Å². The Morgan fingerprint density at radius 1 is 1.31 bits per heavy atom. The molecule has 0 bridgehead atoms. The second kappa shape index (κ2) is 4.82. The number of carbonyl (C=O) groups excluding carboxylic acids is 1. The topological polar surface area (TPSA) is 124 Å². The minimum Gasteiger partial charge on any atom is -0.480 e. The lowest BCUT2D eigenvalue weighted by molar-refractivity contribution is -0.137. The third-order valence-corrected chi connectivity index (χ3v) is 2.14. The molecular formula is C7H14NO7P. The number of carboxylic acids is 1. The van der Waals surface area contributed by atoms with Gasteiger partial charge in [-0.3, -0.25) is 4.79 Å². The number of carboxylic acid groups (broad SMARTS) is 1. The Kier molecular flexibility index (Phi) is 4.48. The summed E-state index contributed by atoms with van der Waals surface area (Å²) in [6.07, 6.45) is -1.37. The predicted octanol–water partition coefficient (Wildman–Crippen LogP) is 0.401. The number of rotatable bonds is 3. The zero-order valence-corrected chi connectivity index (χ0v) is 9.97. The molecule has 0 saturated heterocycles. The van der Waals surface area contributed by atoms with E-state index < -0.39 is 32.0 Å². The van der Waals surface area contributed by atoms with Crippen molar-refractivity contribution in [3.63, 3.8) is 0 Å². The molecule has 0 fully saturated rings. The van der Waals surface area contributed by atoms with Gasteiger partial charge in [0.25, 0.3) is 0 Å². The van der Waals surface area contributed by atoms with Crippen LogP contribution in [0.2, 0.25) is 0 Å². The SMILES string of the molecule is CC(C)(C)OC(=O)N(CC(=O)O)P(=O)(O)O. The number of ether oxygens (including phenoxy) is 1.